The summed E-state index contributed by atoms with van der Waals surface area (Å²) in [7, 11) is 0. The Labute approximate surface area is 78.7 Å². The predicted octanol–water partition coefficient (Wildman–Crippen LogP) is 0.609. The Morgan fingerprint density at radius 3 is 2.64 bits per heavy atom. The lowest BCUT2D eigenvalue weighted by atomic mass is 10.0. The summed E-state index contributed by atoms with van der Waals surface area (Å²) in [6.07, 6.45) is 0.310. The lowest BCUT2D eigenvalue weighted by molar-refractivity contribution is 0.0989. The van der Waals surface area contributed by atoms with Crippen LogP contribution in [-0.4, -0.2) is 12.2 Å². The molecule has 0 aromatic heterocycles. The number of rotatable bonds is 2. The van der Waals surface area contributed by atoms with Crippen molar-refractivity contribution >= 4 is 12.2 Å². The van der Waals surface area contributed by atoms with Crippen molar-refractivity contribution in [1.29, 1.82) is 5.26 Å². The molecule has 0 bridgehead atoms. The summed E-state index contributed by atoms with van der Waals surface area (Å²) in [5.41, 5.74) is 3.85. The Bertz CT molecular complexity index is 449. The Morgan fingerprint density at radius 2 is 2.21 bits per heavy atom. The monoisotopic (exact) mass is 192 g/mol. The fraction of sp³-hybridized carbons (Fsp3) is 0. The van der Waals surface area contributed by atoms with Crippen LogP contribution in [0.4, 0.5) is 4.39 Å². The Balaban J connectivity index is 3.56. The van der Waals surface area contributed by atoms with Gasteiger partial charge in [-0.25, -0.2) is 4.39 Å². The number of benzene rings is 1. The van der Waals surface area contributed by atoms with Gasteiger partial charge in [-0.3, -0.25) is 9.59 Å². The molecule has 0 aliphatic rings. The van der Waals surface area contributed by atoms with Gasteiger partial charge in [-0.05, 0) is 12.1 Å². The standard InChI is InChI=1S/C9H5FN2O2/c10-8-5(3-11)1-2-6(4-13)7(8)9(12)14/h1-2,4H,(H2,12,14). The summed E-state index contributed by atoms with van der Waals surface area (Å²) in [6.45, 7) is 0. The fourth-order valence-corrected chi connectivity index (χ4v) is 1.03. The topological polar surface area (TPSA) is 83.9 Å². The molecule has 4 nitrogen and oxygen atoms in total. The first-order chi connectivity index (χ1) is 6.61. The highest BCUT2D eigenvalue weighted by molar-refractivity contribution is 6.01. The molecular formula is C9H5FN2O2. The van der Waals surface area contributed by atoms with Crippen LogP contribution in [-0.2, 0) is 0 Å². The third-order valence-electron chi connectivity index (χ3n) is 1.67. The van der Waals surface area contributed by atoms with Gasteiger partial charge in [0.15, 0.2) is 12.1 Å². The summed E-state index contributed by atoms with van der Waals surface area (Å²) in [6, 6.07) is 3.84. The number of hydrogen-bond acceptors (Lipinski definition) is 3. The second-order valence-electron chi connectivity index (χ2n) is 2.49. The van der Waals surface area contributed by atoms with Gasteiger partial charge in [0.05, 0.1) is 11.1 Å². The SMILES string of the molecule is N#Cc1ccc(C=O)c(C(N)=O)c1F. The molecule has 1 aromatic carbocycles. The van der Waals surface area contributed by atoms with Crippen LogP contribution in [0.25, 0.3) is 0 Å². The number of carbonyl (C=O) groups excluding carboxylic acids is 2. The number of primary amides is 1. The highest BCUT2D eigenvalue weighted by Crippen LogP contribution is 2.15. The van der Waals surface area contributed by atoms with E-state index in [1.165, 1.54) is 6.07 Å². The molecule has 0 unspecified atom stereocenters. The molecule has 1 rings (SSSR count). The lowest BCUT2D eigenvalue weighted by Gasteiger charge is -2.02. The van der Waals surface area contributed by atoms with Gasteiger partial charge in [0.25, 0.3) is 5.91 Å². The van der Waals surface area contributed by atoms with Crippen LogP contribution in [0.1, 0.15) is 26.3 Å². The molecule has 0 aliphatic carbocycles. The second kappa shape index (κ2) is 3.66. The number of aldehydes is 1. The number of nitrogens with two attached hydrogens (primary N) is 1. The number of amides is 1. The number of nitriles is 1. The Kier molecular flexibility index (Phi) is 2.58. The Hall–Kier alpha value is -2.22. The van der Waals surface area contributed by atoms with E-state index in [-0.39, 0.29) is 11.1 Å². The van der Waals surface area contributed by atoms with Crippen LogP contribution in [0.3, 0.4) is 0 Å². The van der Waals surface area contributed by atoms with Gasteiger partial charge in [-0.1, -0.05) is 0 Å². The van der Waals surface area contributed by atoms with E-state index in [0.717, 1.165) is 6.07 Å². The second-order valence-corrected chi connectivity index (χ2v) is 2.49. The average molecular weight is 192 g/mol. The summed E-state index contributed by atoms with van der Waals surface area (Å²) in [4.78, 5) is 21.2. The van der Waals surface area contributed by atoms with Gasteiger partial charge in [-0.2, -0.15) is 5.26 Å². The van der Waals surface area contributed by atoms with E-state index in [1.54, 1.807) is 6.07 Å². The highest BCUT2D eigenvalue weighted by atomic mass is 19.1. The molecule has 0 aliphatic heterocycles. The van der Waals surface area contributed by atoms with Crippen LogP contribution >= 0.6 is 0 Å². The van der Waals surface area contributed by atoms with E-state index < -0.39 is 17.3 Å². The molecule has 1 aromatic rings. The molecule has 0 heterocycles. The first-order valence-electron chi connectivity index (χ1n) is 3.59. The van der Waals surface area contributed by atoms with Crippen molar-refractivity contribution in [2.24, 2.45) is 5.73 Å². The lowest BCUT2D eigenvalue weighted by Crippen LogP contribution is -2.16. The molecule has 0 spiro atoms. The van der Waals surface area contributed by atoms with Crippen LogP contribution in [0, 0.1) is 17.1 Å². The van der Waals surface area contributed by atoms with Crippen molar-refractivity contribution < 1.29 is 14.0 Å². The van der Waals surface area contributed by atoms with Crippen LogP contribution in [0.15, 0.2) is 12.1 Å². The van der Waals surface area contributed by atoms with E-state index in [9.17, 15) is 14.0 Å². The maximum Gasteiger partial charge on any atom is 0.252 e. The molecule has 1 amide bonds. The minimum absolute atomic E-state index is 0.158. The third-order valence-corrected chi connectivity index (χ3v) is 1.67. The highest BCUT2D eigenvalue weighted by Gasteiger charge is 2.17. The van der Waals surface area contributed by atoms with Gasteiger partial charge >= 0.3 is 0 Å². The summed E-state index contributed by atoms with van der Waals surface area (Å²) < 4.78 is 13.3. The summed E-state index contributed by atoms with van der Waals surface area (Å²) in [5.74, 6) is -2.12. The molecule has 5 heteroatoms. The maximum absolute atomic E-state index is 13.3. The van der Waals surface area contributed by atoms with E-state index in [0.29, 0.717) is 6.29 Å². The van der Waals surface area contributed by atoms with Crippen molar-refractivity contribution in [3.05, 3.63) is 34.6 Å². The quantitative estimate of drug-likeness (QED) is 0.696. The fourth-order valence-electron chi connectivity index (χ4n) is 1.03. The zero-order valence-electron chi connectivity index (χ0n) is 6.95. The zero-order chi connectivity index (χ0) is 10.7. The average Bonchev–Trinajstić information content (AvgIpc) is 2.16. The van der Waals surface area contributed by atoms with Gasteiger partial charge in [0.2, 0.25) is 0 Å². The van der Waals surface area contributed by atoms with Gasteiger partial charge < -0.3 is 5.73 Å². The molecule has 0 saturated carbocycles. The maximum atomic E-state index is 13.3. The summed E-state index contributed by atoms with van der Waals surface area (Å²) >= 11 is 0. The molecule has 0 atom stereocenters. The first kappa shape index (κ1) is 9.86. The van der Waals surface area contributed by atoms with Crippen molar-refractivity contribution in [2.45, 2.75) is 0 Å². The molecule has 14 heavy (non-hydrogen) atoms. The minimum Gasteiger partial charge on any atom is -0.365 e. The van der Waals surface area contributed by atoms with Crippen LogP contribution < -0.4 is 5.73 Å². The van der Waals surface area contributed by atoms with Crippen molar-refractivity contribution in [2.75, 3.05) is 0 Å². The molecule has 2 N–H and O–H groups in total. The number of nitrogens with zero attached hydrogens (tertiary/aromatic N) is 1. The van der Waals surface area contributed by atoms with Crippen molar-refractivity contribution in [1.82, 2.24) is 0 Å². The normalized spacial score (nSPS) is 9.14. The molecule has 70 valence electrons. The number of hydrogen-bond donors (Lipinski definition) is 1. The molecule has 0 fully saturated rings. The number of halogens is 1. The minimum atomic E-state index is -1.07. The summed E-state index contributed by atoms with van der Waals surface area (Å²) in [5, 5.41) is 8.46. The van der Waals surface area contributed by atoms with Gasteiger partial charge in [0.1, 0.15) is 6.07 Å². The number of carbonyl (C=O) groups is 2. The van der Waals surface area contributed by atoms with Crippen molar-refractivity contribution in [3.8, 4) is 6.07 Å². The first-order valence-corrected chi connectivity index (χ1v) is 3.59. The van der Waals surface area contributed by atoms with Gasteiger partial charge in [-0.15, -0.1) is 0 Å². The zero-order valence-corrected chi connectivity index (χ0v) is 6.95. The van der Waals surface area contributed by atoms with E-state index >= 15 is 0 Å². The van der Waals surface area contributed by atoms with E-state index in [1.807, 2.05) is 0 Å². The van der Waals surface area contributed by atoms with Crippen LogP contribution in [0.5, 0.6) is 0 Å². The predicted molar refractivity (Wildman–Crippen MR) is 45.0 cm³/mol. The van der Waals surface area contributed by atoms with Crippen LogP contribution in [0.2, 0.25) is 0 Å². The van der Waals surface area contributed by atoms with E-state index in [4.69, 9.17) is 11.0 Å². The van der Waals surface area contributed by atoms with E-state index in [2.05, 4.69) is 0 Å². The molecule has 0 radical (unpaired) electrons. The van der Waals surface area contributed by atoms with Gasteiger partial charge in [0, 0.05) is 5.56 Å². The molecule has 0 saturated heterocycles. The smallest absolute Gasteiger partial charge is 0.252 e. The largest absolute Gasteiger partial charge is 0.365 e. The molecular weight excluding hydrogens is 187 g/mol. The van der Waals surface area contributed by atoms with Crippen molar-refractivity contribution in [3.63, 3.8) is 0 Å². The Morgan fingerprint density at radius 1 is 1.57 bits per heavy atom. The third kappa shape index (κ3) is 1.45.